The van der Waals surface area contributed by atoms with Crippen LogP contribution in [-0.2, 0) is 11.3 Å². The van der Waals surface area contributed by atoms with Crippen molar-refractivity contribution in [3.63, 3.8) is 0 Å². The lowest BCUT2D eigenvalue weighted by Crippen LogP contribution is -2.46. The van der Waals surface area contributed by atoms with Gasteiger partial charge in [-0.25, -0.2) is 4.98 Å². The smallest absolute Gasteiger partial charge is 0.230 e. The zero-order valence-corrected chi connectivity index (χ0v) is 15.0. The lowest BCUT2D eigenvalue weighted by atomic mass is 9.93. The molecule has 1 amide bonds. The van der Waals surface area contributed by atoms with E-state index in [2.05, 4.69) is 34.7 Å². The number of amides is 1. The first kappa shape index (κ1) is 17.1. The number of nitrogens with zero attached hydrogens (tertiary/aromatic N) is 2. The highest BCUT2D eigenvalue weighted by Gasteiger charge is 2.28. The molecule has 1 aliphatic rings. The van der Waals surface area contributed by atoms with E-state index in [1.807, 2.05) is 28.6 Å². The molecule has 2 heterocycles. The predicted molar refractivity (Wildman–Crippen MR) is 98.0 cm³/mol. The van der Waals surface area contributed by atoms with Crippen molar-refractivity contribution in [2.45, 2.75) is 44.7 Å². The Hall–Kier alpha value is -1.72. The molecule has 0 saturated carbocycles. The third kappa shape index (κ3) is 4.22. The van der Waals surface area contributed by atoms with Gasteiger partial charge in [0.2, 0.25) is 5.91 Å². The number of hydrogen-bond donors (Lipinski definition) is 1. The van der Waals surface area contributed by atoms with Crippen molar-refractivity contribution in [2.75, 3.05) is 13.1 Å². The topological polar surface area (TPSA) is 45.2 Å². The molecule has 1 unspecified atom stereocenters. The molecule has 24 heavy (non-hydrogen) atoms. The summed E-state index contributed by atoms with van der Waals surface area (Å²) in [5, 5.41) is 5.65. The van der Waals surface area contributed by atoms with Gasteiger partial charge in [-0.3, -0.25) is 4.79 Å². The van der Waals surface area contributed by atoms with E-state index in [4.69, 9.17) is 0 Å². The summed E-state index contributed by atoms with van der Waals surface area (Å²) < 4.78 is 0. The van der Waals surface area contributed by atoms with E-state index in [0.29, 0.717) is 6.04 Å². The van der Waals surface area contributed by atoms with Gasteiger partial charge >= 0.3 is 0 Å². The van der Waals surface area contributed by atoms with Crippen LogP contribution in [0.4, 0.5) is 0 Å². The maximum atomic E-state index is 12.9. The van der Waals surface area contributed by atoms with Crippen LogP contribution >= 0.6 is 11.3 Å². The molecule has 1 aliphatic heterocycles. The number of carbonyl (C=O) groups excluding carboxylic acids is 1. The lowest BCUT2D eigenvalue weighted by molar-refractivity contribution is -0.134. The molecule has 1 fully saturated rings. The highest BCUT2D eigenvalue weighted by atomic mass is 32.1. The summed E-state index contributed by atoms with van der Waals surface area (Å²) in [4.78, 5) is 19.2. The molecule has 1 saturated heterocycles. The average Bonchev–Trinajstić information content (AvgIpc) is 3.15. The van der Waals surface area contributed by atoms with E-state index in [1.54, 1.807) is 11.3 Å². The molecule has 4 nitrogen and oxygen atoms in total. The fraction of sp³-hybridized carbons (Fsp3) is 0.474. The molecular weight excluding hydrogens is 318 g/mol. The third-order valence-electron chi connectivity index (χ3n) is 4.77. The molecule has 0 radical (unpaired) electrons. The van der Waals surface area contributed by atoms with E-state index in [0.717, 1.165) is 50.2 Å². The number of thiazole rings is 1. The van der Waals surface area contributed by atoms with Crippen LogP contribution in [0.1, 0.15) is 43.4 Å². The largest absolute Gasteiger partial charge is 0.342 e. The summed E-state index contributed by atoms with van der Waals surface area (Å²) in [6.45, 7) is 4.61. The molecule has 1 atom stereocenters. The van der Waals surface area contributed by atoms with Gasteiger partial charge in [0.25, 0.3) is 0 Å². The SMILES string of the molecule is CCC(C(=O)N1CCC(NCc2cscn2)CC1)c1ccccc1. The maximum absolute atomic E-state index is 12.9. The number of nitrogens with one attached hydrogen (secondary N) is 1. The first-order chi connectivity index (χ1) is 11.8. The number of likely N-dealkylation sites (tertiary alicyclic amines) is 1. The molecule has 0 spiro atoms. The Morgan fingerprint density at radius 1 is 1.33 bits per heavy atom. The first-order valence-corrected chi connectivity index (χ1v) is 9.66. The van der Waals surface area contributed by atoms with Gasteiger partial charge in [-0.05, 0) is 24.8 Å². The van der Waals surface area contributed by atoms with Crippen LogP contribution in [-0.4, -0.2) is 34.9 Å². The standard InChI is InChI=1S/C19H25N3OS/c1-2-18(15-6-4-3-5-7-15)19(23)22-10-8-16(9-11-22)20-12-17-13-24-14-21-17/h3-7,13-14,16,18,20H,2,8-12H2,1H3. The Labute approximate surface area is 147 Å². The van der Waals surface area contributed by atoms with Crippen LogP contribution in [0.15, 0.2) is 41.2 Å². The van der Waals surface area contributed by atoms with E-state index < -0.39 is 0 Å². The highest BCUT2D eigenvalue weighted by Crippen LogP contribution is 2.24. The van der Waals surface area contributed by atoms with Crippen molar-refractivity contribution in [3.8, 4) is 0 Å². The second-order valence-corrected chi connectivity index (χ2v) is 7.05. The van der Waals surface area contributed by atoms with Gasteiger partial charge in [-0.1, -0.05) is 37.3 Å². The van der Waals surface area contributed by atoms with E-state index >= 15 is 0 Å². The summed E-state index contributed by atoms with van der Waals surface area (Å²) in [6, 6.07) is 10.6. The minimum Gasteiger partial charge on any atom is -0.342 e. The Kier molecular flexibility index (Phi) is 5.99. The number of hydrogen-bond acceptors (Lipinski definition) is 4. The van der Waals surface area contributed by atoms with Crippen LogP contribution < -0.4 is 5.32 Å². The molecule has 5 heteroatoms. The number of carbonyl (C=O) groups is 1. The van der Waals surface area contributed by atoms with Crippen LogP contribution in [0.3, 0.4) is 0 Å². The Morgan fingerprint density at radius 2 is 2.08 bits per heavy atom. The molecule has 1 aromatic heterocycles. The van der Waals surface area contributed by atoms with E-state index in [-0.39, 0.29) is 11.8 Å². The normalized spacial score (nSPS) is 17.0. The van der Waals surface area contributed by atoms with Gasteiger partial charge in [0.1, 0.15) is 0 Å². The Balaban J connectivity index is 1.51. The van der Waals surface area contributed by atoms with Gasteiger partial charge in [0.15, 0.2) is 0 Å². The lowest BCUT2D eigenvalue weighted by Gasteiger charge is -2.34. The van der Waals surface area contributed by atoms with E-state index in [1.165, 1.54) is 0 Å². The zero-order chi connectivity index (χ0) is 16.8. The van der Waals surface area contributed by atoms with Crippen molar-refractivity contribution >= 4 is 17.2 Å². The van der Waals surface area contributed by atoms with Crippen molar-refractivity contribution in [3.05, 3.63) is 52.5 Å². The molecule has 0 aliphatic carbocycles. The molecule has 2 aromatic rings. The van der Waals surface area contributed by atoms with Gasteiger partial charge in [0.05, 0.1) is 17.1 Å². The third-order valence-corrected chi connectivity index (χ3v) is 5.41. The van der Waals surface area contributed by atoms with Gasteiger partial charge in [0, 0.05) is 31.1 Å². The number of rotatable bonds is 6. The predicted octanol–water partition coefficient (Wildman–Crippen LogP) is 3.42. The summed E-state index contributed by atoms with van der Waals surface area (Å²) in [5.74, 6) is 0.271. The molecular formula is C19H25N3OS. The number of aromatic nitrogens is 1. The van der Waals surface area contributed by atoms with Gasteiger partial charge in [-0.2, -0.15) is 0 Å². The van der Waals surface area contributed by atoms with E-state index in [9.17, 15) is 4.79 Å². The number of piperidine rings is 1. The molecule has 0 bridgehead atoms. The van der Waals surface area contributed by atoms with Crippen LogP contribution in [0.5, 0.6) is 0 Å². The summed E-state index contributed by atoms with van der Waals surface area (Å²) in [6.07, 6.45) is 2.88. The number of benzene rings is 1. The van der Waals surface area contributed by atoms with Crippen molar-refractivity contribution in [1.29, 1.82) is 0 Å². The molecule has 3 rings (SSSR count). The summed E-state index contributed by atoms with van der Waals surface area (Å²) in [5.41, 5.74) is 4.11. The van der Waals surface area contributed by atoms with Crippen LogP contribution in [0.2, 0.25) is 0 Å². The quantitative estimate of drug-likeness (QED) is 0.874. The van der Waals surface area contributed by atoms with Crippen molar-refractivity contribution < 1.29 is 4.79 Å². The van der Waals surface area contributed by atoms with Crippen LogP contribution in [0.25, 0.3) is 0 Å². The van der Waals surface area contributed by atoms with Crippen molar-refractivity contribution in [1.82, 2.24) is 15.2 Å². The second kappa shape index (κ2) is 8.40. The average molecular weight is 343 g/mol. The molecule has 1 aromatic carbocycles. The minimum atomic E-state index is -0.00860. The van der Waals surface area contributed by atoms with Crippen molar-refractivity contribution in [2.24, 2.45) is 0 Å². The van der Waals surface area contributed by atoms with Gasteiger partial charge in [-0.15, -0.1) is 11.3 Å². The monoisotopic (exact) mass is 343 g/mol. The Morgan fingerprint density at radius 3 is 2.71 bits per heavy atom. The second-order valence-electron chi connectivity index (χ2n) is 6.33. The fourth-order valence-electron chi connectivity index (χ4n) is 3.34. The minimum absolute atomic E-state index is 0.00860. The first-order valence-electron chi connectivity index (χ1n) is 8.72. The van der Waals surface area contributed by atoms with Crippen LogP contribution in [0, 0.1) is 0 Å². The Bertz CT molecular complexity index is 621. The summed E-state index contributed by atoms with van der Waals surface area (Å²) in [7, 11) is 0. The van der Waals surface area contributed by atoms with Gasteiger partial charge < -0.3 is 10.2 Å². The fourth-order valence-corrected chi connectivity index (χ4v) is 3.89. The molecule has 1 N–H and O–H groups in total. The zero-order valence-electron chi connectivity index (χ0n) is 14.1. The highest BCUT2D eigenvalue weighted by molar-refractivity contribution is 7.07. The maximum Gasteiger partial charge on any atom is 0.230 e. The summed E-state index contributed by atoms with van der Waals surface area (Å²) >= 11 is 1.63. The molecule has 128 valence electrons.